The van der Waals surface area contributed by atoms with Gasteiger partial charge in [0, 0.05) is 0 Å². The number of oxazole rings is 1. The van der Waals surface area contributed by atoms with E-state index in [1.54, 1.807) is 6.20 Å². The van der Waals surface area contributed by atoms with Crippen molar-refractivity contribution in [1.29, 1.82) is 0 Å². The van der Waals surface area contributed by atoms with E-state index in [1.807, 2.05) is 6.92 Å². The summed E-state index contributed by atoms with van der Waals surface area (Å²) in [6.45, 7) is 2.70. The van der Waals surface area contributed by atoms with Gasteiger partial charge in [0.2, 0.25) is 0 Å². The summed E-state index contributed by atoms with van der Waals surface area (Å²) in [5.41, 5.74) is 0. The molecular weight excluding hydrogens is 118 g/mol. The number of rotatable bonds is 3. The van der Waals surface area contributed by atoms with Gasteiger partial charge < -0.3 is 9.15 Å². The quantitative estimate of drug-likeness (QED) is 0.616. The highest BCUT2D eigenvalue weighted by Crippen LogP contribution is 2.03. The van der Waals surface area contributed by atoms with Crippen LogP contribution in [0.5, 0.6) is 6.08 Å². The zero-order chi connectivity index (χ0) is 6.53. The molecule has 9 heavy (non-hydrogen) atoms. The standard InChI is InChI=1S/C6H9NO2/c1-2-4-8-6-7-3-5-9-6/h3,5H,2,4H2,1H3. The molecule has 0 atom stereocenters. The van der Waals surface area contributed by atoms with Gasteiger partial charge >= 0.3 is 6.08 Å². The minimum absolute atomic E-state index is 0.358. The Bertz CT molecular complexity index is 148. The molecule has 0 aliphatic carbocycles. The van der Waals surface area contributed by atoms with E-state index in [1.165, 1.54) is 6.26 Å². The Morgan fingerprint density at radius 3 is 3.22 bits per heavy atom. The Morgan fingerprint density at radius 1 is 1.78 bits per heavy atom. The van der Waals surface area contributed by atoms with Crippen molar-refractivity contribution in [3.8, 4) is 6.08 Å². The maximum atomic E-state index is 5.02. The van der Waals surface area contributed by atoms with E-state index in [9.17, 15) is 0 Å². The van der Waals surface area contributed by atoms with Gasteiger partial charge in [0.1, 0.15) is 6.26 Å². The van der Waals surface area contributed by atoms with Gasteiger partial charge in [0.05, 0.1) is 12.8 Å². The molecule has 1 rings (SSSR count). The maximum absolute atomic E-state index is 5.02. The molecule has 1 heterocycles. The second-order valence-electron chi connectivity index (χ2n) is 1.65. The predicted molar refractivity (Wildman–Crippen MR) is 32.3 cm³/mol. The fourth-order valence-electron chi connectivity index (χ4n) is 0.471. The molecule has 50 valence electrons. The van der Waals surface area contributed by atoms with Gasteiger partial charge in [-0.1, -0.05) is 6.92 Å². The van der Waals surface area contributed by atoms with E-state index < -0.39 is 0 Å². The third-order valence-corrected chi connectivity index (χ3v) is 0.839. The van der Waals surface area contributed by atoms with Gasteiger partial charge in [-0.15, -0.1) is 0 Å². The zero-order valence-electron chi connectivity index (χ0n) is 5.33. The first-order valence-corrected chi connectivity index (χ1v) is 2.95. The van der Waals surface area contributed by atoms with Crippen LogP contribution in [0.15, 0.2) is 16.9 Å². The highest BCUT2D eigenvalue weighted by atomic mass is 16.6. The van der Waals surface area contributed by atoms with Crippen LogP contribution in [0.3, 0.4) is 0 Å². The van der Waals surface area contributed by atoms with Crippen LogP contribution in [-0.4, -0.2) is 11.6 Å². The fraction of sp³-hybridized carbons (Fsp3) is 0.500. The lowest BCUT2D eigenvalue weighted by Gasteiger charge is -1.94. The molecule has 1 aromatic heterocycles. The summed E-state index contributed by atoms with van der Waals surface area (Å²) in [4.78, 5) is 3.76. The Kier molecular flexibility index (Phi) is 2.13. The van der Waals surface area contributed by atoms with Crippen LogP contribution in [0.4, 0.5) is 0 Å². The van der Waals surface area contributed by atoms with E-state index in [-0.39, 0.29) is 0 Å². The van der Waals surface area contributed by atoms with Gasteiger partial charge in [0.15, 0.2) is 0 Å². The van der Waals surface area contributed by atoms with E-state index in [4.69, 9.17) is 9.15 Å². The van der Waals surface area contributed by atoms with Crippen molar-refractivity contribution in [1.82, 2.24) is 4.98 Å². The summed E-state index contributed by atoms with van der Waals surface area (Å²) in [6.07, 6.45) is 4.38. The number of ether oxygens (including phenoxy) is 1. The first-order chi connectivity index (χ1) is 4.43. The van der Waals surface area contributed by atoms with E-state index in [0.717, 1.165) is 6.42 Å². The molecule has 0 saturated heterocycles. The summed E-state index contributed by atoms with van der Waals surface area (Å²) in [5.74, 6) is 0. The highest BCUT2D eigenvalue weighted by Gasteiger charge is 1.93. The molecule has 3 nitrogen and oxygen atoms in total. The molecule has 0 N–H and O–H groups in total. The molecule has 3 heteroatoms. The molecule has 1 aromatic rings. The number of nitrogens with zero attached hydrogens (tertiary/aromatic N) is 1. The molecule has 0 unspecified atom stereocenters. The number of hydrogen-bond acceptors (Lipinski definition) is 3. The average molecular weight is 127 g/mol. The van der Waals surface area contributed by atoms with Crippen LogP contribution in [0.2, 0.25) is 0 Å². The molecule has 0 aliphatic rings. The Morgan fingerprint density at radius 2 is 2.67 bits per heavy atom. The molecule has 0 aromatic carbocycles. The Labute approximate surface area is 53.7 Å². The summed E-state index contributed by atoms with van der Waals surface area (Å²) >= 11 is 0. The monoisotopic (exact) mass is 127 g/mol. The van der Waals surface area contributed by atoms with Crippen LogP contribution < -0.4 is 4.74 Å². The summed E-state index contributed by atoms with van der Waals surface area (Å²) in [7, 11) is 0. The Balaban J connectivity index is 2.30. The van der Waals surface area contributed by atoms with Crippen LogP contribution in [0.1, 0.15) is 13.3 Å². The number of aromatic nitrogens is 1. The van der Waals surface area contributed by atoms with Gasteiger partial charge in [0.25, 0.3) is 0 Å². The average Bonchev–Trinajstić information content (AvgIpc) is 2.34. The molecule has 0 spiro atoms. The lowest BCUT2D eigenvalue weighted by atomic mass is 10.5. The lowest BCUT2D eigenvalue weighted by molar-refractivity contribution is 0.230. The smallest absolute Gasteiger partial charge is 0.393 e. The molecule has 0 fully saturated rings. The molecule has 0 amide bonds. The molecule has 0 bridgehead atoms. The highest BCUT2D eigenvalue weighted by molar-refractivity contribution is 4.83. The van der Waals surface area contributed by atoms with Gasteiger partial charge in [-0.3, -0.25) is 0 Å². The van der Waals surface area contributed by atoms with Crippen LogP contribution in [0, 0.1) is 0 Å². The second-order valence-corrected chi connectivity index (χ2v) is 1.65. The van der Waals surface area contributed by atoms with E-state index in [0.29, 0.717) is 12.7 Å². The third kappa shape index (κ3) is 1.76. The second kappa shape index (κ2) is 3.12. The van der Waals surface area contributed by atoms with Crippen molar-refractivity contribution in [2.75, 3.05) is 6.61 Å². The van der Waals surface area contributed by atoms with Crippen molar-refractivity contribution in [2.24, 2.45) is 0 Å². The van der Waals surface area contributed by atoms with Crippen LogP contribution in [0.25, 0.3) is 0 Å². The topological polar surface area (TPSA) is 35.3 Å². The summed E-state index contributed by atoms with van der Waals surface area (Å²) < 4.78 is 9.82. The van der Waals surface area contributed by atoms with E-state index in [2.05, 4.69) is 4.98 Å². The lowest BCUT2D eigenvalue weighted by Crippen LogP contribution is -1.93. The van der Waals surface area contributed by atoms with Crippen molar-refractivity contribution in [2.45, 2.75) is 13.3 Å². The summed E-state index contributed by atoms with van der Waals surface area (Å²) in [5, 5.41) is 0. The minimum atomic E-state index is 0.358. The molecule has 0 radical (unpaired) electrons. The van der Waals surface area contributed by atoms with Gasteiger partial charge in [-0.05, 0) is 6.42 Å². The van der Waals surface area contributed by atoms with Crippen molar-refractivity contribution in [3.63, 3.8) is 0 Å². The normalized spacial score (nSPS) is 9.44. The first kappa shape index (κ1) is 6.13. The maximum Gasteiger partial charge on any atom is 0.393 e. The van der Waals surface area contributed by atoms with Crippen LogP contribution >= 0.6 is 0 Å². The molecule has 0 aliphatic heterocycles. The van der Waals surface area contributed by atoms with E-state index >= 15 is 0 Å². The molecule has 0 saturated carbocycles. The third-order valence-electron chi connectivity index (χ3n) is 0.839. The predicted octanol–water partition coefficient (Wildman–Crippen LogP) is 1.46. The number of hydrogen-bond donors (Lipinski definition) is 0. The fourth-order valence-corrected chi connectivity index (χ4v) is 0.471. The largest absolute Gasteiger partial charge is 0.450 e. The van der Waals surface area contributed by atoms with Crippen LogP contribution in [-0.2, 0) is 0 Å². The summed E-state index contributed by atoms with van der Waals surface area (Å²) in [6, 6.07) is 0. The SMILES string of the molecule is CCCOc1ncco1. The van der Waals surface area contributed by atoms with Crippen molar-refractivity contribution in [3.05, 3.63) is 12.5 Å². The van der Waals surface area contributed by atoms with Gasteiger partial charge in [-0.2, -0.15) is 4.98 Å². The minimum Gasteiger partial charge on any atom is -0.450 e. The van der Waals surface area contributed by atoms with Gasteiger partial charge in [-0.25, -0.2) is 0 Å². The van der Waals surface area contributed by atoms with Crippen molar-refractivity contribution < 1.29 is 9.15 Å². The first-order valence-electron chi connectivity index (χ1n) is 2.95. The zero-order valence-corrected chi connectivity index (χ0v) is 5.33. The Hall–Kier alpha value is -0.990. The molecular formula is C6H9NO2. The van der Waals surface area contributed by atoms with Crippen molar-refractivity contribution >= 4 is 0 Å².